The van der Waals surface area contributed by atoms with Gasteiger partial charge < -0.3 is 29.9 Å². The van der Waals surface area contributed by atoms with Gasteiger partial charge in [0.25, 0.3) is 0 Å². The molecule has 6 nitrogen and oxygen atoms in total. The molecule has 0 amide bonds. The smallest absolute Gasteiger partial charge is 0.165 e. The number of rotatable bonds is 5. The molecule has 0 spiro atoms. The van der Waals surface area contributed by atoms with E-state index >= 15 is 0 Å². The third-order valence-electron chi connectivity index (χ3n) is 6.55. The van der Waals surface area contributed by atoms with E-state index in [1.165, 1.54) is 14.2 Å². The minimum absolute atomic E-state index is 0.0211. The van der Waals surface area contributed by atoms with Gasteiger partial charge >= 0.3 is 0 Å². The van der Waals surface area contributed by atoms with Crippen LogP contribution in [0.3, 0.4) is 0 Å². The van der Waals surface area contributed by atoms with Gasteiger partial charge in [-0.05, 0) is 82.6 Å². The van der Waals surface area contributed by atoms with Crippen LogP contribution < -0.4 is 9.47 Å². The number of phenolic OH excluding ortho intramolecular Hbond substituents is 4. The number of benzene rings is 4. The Kier molecular flexibility index (Phi) is 5.94. The van der Waals surface area contributed by atoms with E-state index in [9.17, 15) is 20.4 Å². The van der Waals surface area contributed by atoms with Gasteiger partial charge in [-0.3, -0.25) is 0 Å². The number of ether oxygens (including phenoxy) is 2. The van der Waals surface area contributed by atoms with Crippen LogP contribution in [0.2, 0.25) is 0 Å². The molecule has 0 fully saturated rings. The summed E-state index contributed by atoms with van der Waals surface area (Å²) in [6, 6.07) is 17.1. The Morgan fingerprint density at radius 3 is 2.28 bits per heavy atom. The van der Waals surface area contributed by atoms with Gasteiger partial charge in [0.1, 0.15) is 23.0 Å². The van der Waals surface area contributed by atoms with Crippen molar-refractivity contribution in [1.82, 2.24) is 0 Å². The van der Waals surface area contributed by atoms with E-state index in [1.807, 2.05) is 24.3 Å². The molecule has 1 aliphatic carbocycles. The van der Waals surface area contributed by atoms with Gasteiger partial charge in [0.05, 0.1) is 14.2 Å². The molecule has 6 heteroatoms. The standard InChI is InChI=1S/C30H26O6/c1-35-22-14-19(7-6-17-4-3-5-20(31)12-17)28(26(33)15-22)25-16-27(36-2)30(34)29-23-11-9-21(32)13-18(23)8-10-24(25)29/h3-7,9,11-16,31-34H,8,10H2,1-2H3. The quantitative estimate of drug-likeness (QED) is 0.256. The maximum absolute atomic E-state index is 11.2. The number of hydrogen-bond donors (Lipinski definition) is 4. The molecule has 4 N–H and O–H groups in total. The third kappa shape index (κ3) is 4.07. The van der Waals surface area contributed by atoms with Gasteiger partial charge in [-0.1, -0.05) is 30.4 Å². The van der Waals surface area contributed by atoms with Crippen molar-refractivity contribution >= 4 is 12.2 Å². The normalized spacial score (nSPS) is 12.3. The maximum Gasteiger partial charge on any atom is 0.165 e. The lowest BCUT2D eigenvalue weighted by Crippen LogP contribution is -2.07. The lowest BCUT2D eigenvalue weighted by atomic mass is 9.80. The van der Waals surface area contributed by atoms with E-state index in [-0.39, 0.29) is 28.7 Å². The first-order valence-electron chi connectivity index (χ1n) is 11.5. The fraction of sp³-hybridized carbons (Fsp3) is 0.133. The van der Waals surface area contributed by atoms with Crippen LogP contribution in [-0.2, 0) is 12.8 Å². The first-order chi connectivity index (χ1) is 17.4. The SMILES string of the molecule is COc1cc(O)c(-c2cc(OC)c(O)c3c2CCc2cc(O)ccc2-3)c(C=Cc2cccc(O)c2)c1. The van der Waals surface area contributed by atoms with Gasteiger partial charge in [0.15, 0.2) is 11.5 Å². The summed E-state index contributed by atoms with van der Waals surface area (Å²) in [6.07, 6.45) is 4.97. The van der Waals surface area contributed by atoms with Gasteiger partial charge in [-0.25, -0.2) is 0 Å². The highest BCUT2D eigenvalue weighted by atomic mass is 16.5. The van der Waals surface area contributed by atoms with Crippen LogP contribution in [0.4, 0.5) is 0 Å². The average Bonchev–Trinajstić information content (AvgIpc) is 2.87. The summed E-state index contributed by atoms with van der Waals surface area (Å²) in [4.78, 5) is 0. The van der Waals surface area contributed by atoms with Crippen molar-refractivity contribution in [1.29, 1.82) is 0 Å². The third-order valence-corrected chi connectivity index (χ3v) is 6.55. The van der Waals surface area contributed by atoms with Crippen LogP contribution in [0.25, 0.3) is 34.4 Å². The Balaban J connectivity index is 1.76. The average molecular weight is 483 g/mol. The van der Waals surface area contributed by atoms with Gasteiger partial charge in [0, 0.05) is 17.2 Å². The molecular weight excluding hydrogens is 456 g/mol. The Morgan fingerprint density at radius 1 is 0.722 bits per heavy atom. The largest absolute Gasteiger partial charge is 0.508 e. The summed E-state index contributed by atoms with van der Waals surface area (Å²) < 4.78 is 10.9. The molecule has 0 radical (unpaired) electrons. The summed E-state index contributed by atoms with van der Waals surface area (Å²) in [5.41, 5.74) is 6.04. The minimum atomic E-state index is 0.0211. The molecule has 0 saturated heterocycles. The molecule has 0 heterocycles. The topological polar surface area (TPSA) is 99.4 Å². The zero-order chi connectivity index (χ0) is 25.4. The molecule has 182 valence electrons. The molecule has 0 bridgehead atoms. The van der Waals surface area contributed by atoms with Gasteiger partial charge in [0.2, 0.25) is 0 Å². The maximum atomic E-state index is 11.2. The van der Waals surface area contributed by atoms with Crippen LogP contribution >= 0.6 is 0 Å². The van der Waals surface area contributed by atoms with Crippen molar-refractivity contribution in [3.63, 3.8) is 0 Å². The monoisotopic (exact) mass is 482 g/mol. The molecule has 5 rings (SSSR count). The van der Waals surface area contributed by atoms with Crippen molar-refractivity contribution in [2.75, 3.05) is 14.2 Å². The lowest BCUT2D eigenvalue weighted by molar-refractivity contribution is 0.374. The Labute approximate surface area is 209 Å². The summed E-state index contributed by atoms with van der Waals surface area (Å²) in [5, 5.41) is 42.1. The molecule has 0 aliphatic heterocycles. The number of aromatic hydroxyl groups is 4. The summed E-state index contributed by atoms with van der Waals surface area (Å²) in [6.45, 7) is 0. The predicted molar refractivity (Wildman–Crippen MR) is 140 cm³/mol. The van der Waals surface area contributed by atoms with E-state index in [0.29, 0.717) is 35.3 Å². The molecule has 4 aromatic carbocycles. The first-order valence-corrected chi connectivity index (χ1v) is 11.5. The fourth-order valence-corrected chi connectivity index (χ4v) is 4.89. The minimum Gasteiger partial charge on any atom is -0.508 e. The Hall–Kier alpha value is -4.58. The number of phenols is 4. The molecule has 0 atom stereocenters. The summed E-state index contributed by atoms with van der Waals surface area (Å²) >= 11 is 0. The van der Waals surface area contributed by atoms with Crippen molar-refractivity contribution in [3.8, 4) is 56.8 Å². The highest BCUT2D eigenvalue weighted by molar-refractivity contribution is 5.93. The predicted octanol–water partition coefficient (Wildman–Crippen LogP) is 6.13. The van der Waals surface area contributed by atoms with Crippen LogP contribution in [0.5, 0.6) is 34.5 Å². The number of methoxy groups -OCH3 is 2. The second-order valence-electron chi connectivity index (χ2n) is 8.71. The van der Waals surface area contributed by atoms with Crippen LogP contribution in [0, 0.1) is 0 Å². The second-order valence-corrected chi connectivity index (χ2v) is 8.71. The summed E-state index contributed by atoms with van der Waals surface area (Å²) in [7, 11) is 3.03. The van der Waals surface area contributed by atoms with Crippen molar-refractivity contribution in [3.05, 3.63) is 82.9 Å². The first kappa shape index (κ1) is 23.2. The number of hydrogen-bond acceptors (Lipinski definition) is 6. The van der Waals surface area contributed by atoms with Gasteiger partial charge in [-0.15, -0.1) is 0 Å². The van der Waals surface area contributed by atoms with Crippen molar-refractivity contribution in [2.45, 2.75) is 12.8 Å². The fourth-order valence-electron chi connectivity index (χ4n) is 4.89. The molecule has 4 aromatic rings. The Morgan fingerprint density at radius 2 is 1.53 bits per heavy atom. The van der Waals surface area contributed by atoms with Crippen molar-refractivity contribution in [2.24, 2.45) is 0 Å². The van der Waals surface area contributed by atoms with E-state index in [4.69, 9.17) is 9.47 Å². The van der Waals surface area contributed by atoms with E-state index in [1.54, 1.807) is 48.5 Å². The molecule has 1 aliphatic rings. The lowest BCUT2D eigenvalue weighted by Gasteiger charge is -2.26. The van der Waals surface area contributed by atoms with Crippen LogP contribution in [0.1, 0.15) is 22.3 Å². The van der Waals surface area contributed by atoms with Crippen LogP contribution in [-0.4, -0.2) is 34.6 Å². The summed E-state index contributed by atoms with van der Waals surface area (Å²) in [5.74, 6) is 1.15. The van der Waals surface area contributed by atoms with Crippen LogP contribution in [0.15, 0.2) is 60.7 Å². The second kappa shape index (κ2) is 9.23. The zero-order valence-corrected chi connectivity index (χ0v) is 19.9. The highest BCUT2D eigenvalue weighted by Crippen LogP contribution is 2.51. The molecular formula is C30H26O6. The number of aryl methyl sites for hydroxylation is 1. The van der Waals surface area contributed by atoms with Gasteiger partial charge in [-0.2, -0.15) is 0 Å². The molecule has 0 saturated carbocycles. The van der Waals surface area contributed by atoms with E-state index in [0.717, 1.165) is 27.8 Å². The number of fused-ring (bicyclic) bond motifs is 3. The van der Waals surface area contributed by atoms with Crippen molar-refractivity contribution < 1.29 is 29.9 Å². The van der Waals surface area contributed by atoms with E-state index in [2.05, 4.69) is 0 Å². The van der Waals surface area contributed by atoms with E-state index < -0.39 is 0 Å². The Bertz CT molecular complexity index is 1500. The molecule has 0 aromatic heterocycles. The molecule has 36 heavy (non-hydrogen) atoms. The zero-order valence-electron chi connectivity index (χ0n) is 19.9. The molecule has 0 unspecified atom stereocenters. The highest BCUT2D eigenvalue weighted by Gasteiger charge is 2.28.